The fraction of sp³-hybridized carbons (Fsp3) is 0.429. The largest absolute Gasteiger partial charge is 0.388 e. The van der Waals surface area contributed by atoms with Crippen LogP contribution in [0, 0.1) is 11.7 Å². The first-order valence-electron chi connectivity index (χ1n) is 9.71. The van der Waals surface area contributed by atoms with Crippen molar-refractivity contribution >= 4 is 34.2 Å². The normalized spacial score (nSPS) is 28.7. The number of aliphatic hydroxyl groups is 1. The molecule has 2 fully saturated rings. The Morgan fingerprint density at radius 2 is 1.97 bits per heavy atom. The summed E-state index contributed by atoms with van der Waals surface area (Å²) in [7, 11) is 0. The van der Waals surface area contributed by atoms with Crippen LogP contribution in [0.2, 0.25) is 10.2 Å². The number of halogens is 3. The SMILES string of the molecule is CC1(C)O[C@@H]2[C@H](O1)[C@@H](C(O)c1ccc(Cl)c(F)c1)C[C@H]2n1ccc2c(Cl)ncnc21. The van der Waals surface area contributed by atoms with Crippen LogP contribution in [0.3, 0.4) is 0 Å². The van der Waals surface area contributed by atoms with Crippen molar-refractivity contribution in [3.05, 3.63) is 58.3 Å². The van der Waals surface area contributed by atoms with E-state index in [1.165, 1.54) is 18.5 Å². The zero-order valence-corrected chi connectivity index (χ0v) is 17.8. The molecule has 0 radical (unpaired) electrons. The van der Waals surface area contributed by atoms with E-state index in [4.69, 9.17) is 32.7 Å². The van der Waals surface area contributed by atoms with Gasteiger partial charge in [0.2, 0.25) is 0 Å². The molecule has 3 aromatic rings. The molecule has 1 aromatic carbocycles. The van der Waals surface area contributed by atoms with Gasteiger partial charge in [0.1, 0.15) is 29.0 Å². The molecule has 0 bridgehead atoms. The molecule has 5 rings (SSSR count). The van der Waals surface area contributed by atoms with Crippen molar-refractivity contribution in [3.63, 3.8) is 0 Å². The maximum Gasteiger partial charge on any atom is 0.163 e. The lowest BCUT2D eigenvalue weighted by molar-refractivity contribution is -0.165. The van der Waals surface area contributed by atoms with Gasteiger partial charge in [-0.1, -0.05) is 29.3 Å². The van der Waals surface area contributed by atoms with Gasteiger partial charge in [-0.25, -0.2) is 14.4 Å². The number of benzene rings is 1. The highest BCUT2D eigenvalue weighted by Crippen LogP contribution is 2.51. The Bertz CT molecular complexity index is 1120. The highest BCUT2D eigenvalue weighted by Gasteiger charge is 2.56. The second-order valence-electron chi connectivity index (χ2n) is 8.27. The fourth-order valence-electron chi connectivity index (χ4n) is 4.72. The molecular weight excluding hydrogens is 432 g/mol. The lowest BCUT2D eigenvalue weighted by atomic mass is 9.92. The molecule has 1 aliphatic carbocycles. The first-order chi connectivity index (χ1) is 14.2. The minimum absolute atomic E-state index is 0.0186. The molecule has 0 amide bonds. The number of aliphatic hydroxyl groups excluding tert-OH is 1. The monoisotopic (exact) mass is 451 g/mol. The standard InChI is InChI=1S/C21H20Cl2FN3O3/c1-21(2)29-17-12(16(28)10-3-4-13(22)14(24)7-10)8-15(18(17)30-21)27-6-5-11-19(23)25-9-26-20(11)27/h3-7,9,12,15-18,28H,8H2,1-2H3/t12-,15-,16?,17-,18+/m1/s1. The van der Waals surface area contributed by atoms with Crippen LogP contribution in [0.5, 0.6) is 0 Å². The molecule has 0 spiro atoms. The number of nitrogens with zero attached hydrogens (tertiary/aromatic N) is 3. The third-order valence-corrected chi connectivity index (χ3v) is 6.59. The number of rotatable bonds is 3. The molecule has 30 heavy (non-hydrogen) atoms. The predicted octanol–water partition coefficient (Wildman–Crippen LogP) is 4.69. The minimum Gasteiger partial charge on any atom is -0.388 e. The number of fused-ring (bicyclic) bond motifs is 2. The van der Waals surface area contributed by atoms with E-state index < -0.39 is 17.7 Å². The van der Waals surface area contributed by atoms with Gasteiger partial charge in [-0.15, -0.1) is 0 Å². The maximum atomic E-state index is 14.0. The van der Waals surface area contributed by atoms with Gasteiger partial charge in [-0.2, -0.15) is 0 Å². The predicted molar refractivity (Wildman–Crippen MR) is 110 cm³/mol. The van der Waals surface area contributed by atoms with Gasteiger partial charge in [0.05, 0.1) is 28.7 Å². The number of ether oxygens (including phenoxy) is 2. The average Bonchev–Trinajstić information content (AvgIpc) is 3.34. The van der Waals surface area contributed by atoms with Crippen molar-refractivity contribution < 1.29 is 19.0 Å². The summed E-state index contributed by atoms with van der Waals surface area (Å²) in [5.41, 5.74) is 1.15. The molecular formula is C21H20Cl2FN3O3. The quantitative estimate of drug-likeness (QED) is 0.584. The Kier molecular flexibility index (Phi) is 4.79. The second-order valence-corrected chi connectivity index (χ2v) is 9.04. The third-order valence-electron chi connectivity index (χ3n) is 5.99. The van der Waals surface area contributed by atoms with Crippen molar-refractivity contribution in [1.29, 1.82) is 0 Å². The van der Waals surface area contributed by atoms with Crippen LogP contribution in [0.25, 0.3) is 11.0 Å². The van der Waals surface area contributed by atoms with E-state index in [0.29, 0.717) is 22.8 Å². The maximum absolute atomic E-state index is 14.0. The summed E-state index contributed by atoms with van der Waals surface area (Å²) in [6.45, 7) is 3.70. The Morgan fingerprint density at radius 1 is 1.20 bits per heavy atom. The van der Waals surface area contributed by atoms with Gasteiger partial charge in [-0.05, 0) is 44.0 Å². The molecule has 158 valence electrons. The molecule has 2 aromatic heterocycles. The van der Waals surface area contributed by atoms with Gasteiger partial charge in [0.15, 0.2) is 5.79 Å². The van der Waals surface area contributed by atoms with Crippen LogP contribution >= 0.6 is 23.2 Å². The van der Waals surface area contributed by atoms with Crippen LogP contribution in [0.1, 0.15) is 38.0 Å². The Labute approximate surface area is 182 Å². The van der Waals surface area contributed by atoms with E-state index in [0.717, 1.165) is 5.39 Å². The summed E-state index contributed by atoms with van der Waals surface area (Å²) in [6.07, 6.45) is 2.27. The summed E-state index contributed by atoms with van der Waals surface area (Å²) < 4.78 is 28.4. The molecule has 1 N–H and O–H groups in total. The van der Waals surface area contributed by atoms with Gasteiger partial charge in [0.25, 0.3) is 0 Å². The Balaban J connectivity index is 1.54. The second kappa shape index (κ2) is 7.14. The molecule has 6 nitrogen and oxygen atoms in total. The van der Waals surface area contributed by atoms with Crippen LogP contribution < -0.4 is 0 Å². The van der Waals surface area contributed by atoms with Crippen LogP contribution in [-0.4, -0.2) is 37.6 Å². The molecule has 1 saturated heterocycles. The molecule has 2 aliphatic rings. The summed E-state index contributed by atoms with van der Waals surface area (Å²) in [4.78, 5) is 8.42. The number of hydrogen-bond acceptors (Lipinski definition) is 5. The van der Waals surface area contributed by atoms with Gasteiger partial charge < -0.3 is 19.1 Å². The Hall–Kier alpha value is -1.77. The van der Waals surface area contributed by atoms with E-state index in [1.54, 1.807) is 6.07 Å². The average molecular weight is 452 g/mol. The van der Waals surface area contributed by atoms with Crippen molar-refractivity contribution in [2.24, 2.45) is 5.92 Å². The third kappa shape index (κ3) is 3.20. The minimum atomic E-state index is -0.938. The van der Waals surface area contributed by atoms with Crippen LogP contribution in [0.15, 0.2) is 36.8 Å². The first-order valence-corrected chi connectivity index (χ1v) is 10.5. The smallest absolute Gasteiger partial charge is 0.163 e. The van der Waals surface area contributed by atoms with Gasteiger partial charge in [0, 0.05) is 12.1 Å². The highest BCUT2D eigenvalue weighted by atomic mass is 35.5. The molecule has 9 heteroatoms. The van der Waals surface area contributed by atoms with Crippen molar-refractivity contribution in [1.82, 2.24) is 14.5 Å². The van der Waals surface area contributed by atoms with Crippen molar-refractivity contribution in [3.8, 4) is 0 Å². The van der Waals surface area contributed by atoms with Crippen molar-refractivity contribution in [2.45, 2.75) is 50.4 Å². The Morgan fingerprint density at radius 3 is 2.73 bits per heavy atom. The lowest BCUT2D eigenvalue weighted by Crippen LogP contribution is -2.29. The highest BCUT2D eigenvalue weighted by molar-refractivity contribution is 6.33. The van der Waals surface area contributed by atoms with E-state index >= 15 is 0 Å². The zero-order chi connectivity index (χ0) is 21.2. The van der Waals surface area contributed by atoms with Crippen LogP contribution in [0.4, 0.5) is 4.39 Å². The molecule has 1 unspecified atom stereocenters. The van der Waals surface area contributed by atoms with Gasteiger partial charge >= 0.3 is 0 Å². The fourth-order valence-corrected chi connectivity index (χ4v) is 5.03. The molecule has 3 heterocycles. The molecule has 5 atom stereocenters. The molecule has 1 saturated carbocycles. The van der Waals surface area contributed by atoms with Crippen LogP contribution in [-0.2, 0) is 9.47 Å². The van der Waals surface area contributed by atoms with E-state index in [9.17, 15) is 9.50 Å². The number of aromatic nitrogens is 3. The molecule has 1 aliphatic heterocycles. The summed E-state index contributed by atoms with van der Waals surface area (Å²) in [6, 6.07) is 6.09. The topological polar surface area (TPSA) is 69.4 Å². The lowest BCUT2D eigenvalue weighted by Gasteiger charge is -2.27. The zero-order valence-electron chi connectivity index (χ0n) is 16.3. The number of hydrogen-bond donors (Lipinski definition) is 1. The summed E-state index contributed by atoms with van der Waals surface area (Å²) in [5, 5.41) is 12.3. The van der Waals surface area contributed by atoms with E-state index in [2.05, 4.69) is 9.97 Å². The van der Waals surface area contributed by atoms with E-state index in [-0.39, 0.29) is 29.2 Å². The summed E-state index contributed by atoms with van der Waals surface area (Å²) >= 11 is 12.0. The van der Waals surface area contributed by atoms with Gasteiger partial charge in [-0.3, -0.25) is 0 Å². The van der Waals surface area contributed by atoms with E-state index in [1.807, 2.05) is 30.7 Å². The summed E-state index contributed by atoms with van der Waals surface area (Å²) in [5.74, 6) is -1.67. The van der Waals surface area contributed by atoms with Crippen molar-refractivity contribution in [2.75, 3.05) is 0 Å². The first kappa shape index (κ1) is 20.2.